The number of Topliss-reactive ketones (excluding diaryl/α,β-unsaturated/α-hetero) is 1. The molecule has 0 spiro atoms. The van der Waals surface area contributed by atoms with Gasteiger partial charge in [-0.05, 0) is 113 Å². The van der Waals surface area contributed by atoms with Crippen LogP contribution in [0, 0.1) is 28.6 Å². The van der Waals surface area contributed by atoms with Gasteiger partial charge in [-0.3, -0.25) is 14.4 Å². The highest BCUT2D eigenvalue weighted by atomic mass is 16.6. The molecule has 1 aromatic carbocycles. The first-order chi connectivity index (χ1) is 21.6. The zero-order valence-corrected chi connectivity index (χ0v) is 28.0. The molecule has 2 fully saturated rings. The monoisotopic (exact) mass is 630 g/mol. The first-order valence-electron chi connectivity index (χ1n) is 16.3. The first-order valence-corrected chi connectivity index (χ1v) is 16.3. The Hall–Kier alpha value is -3.94. The molecule has 1 heterocycles. The third kappa shape index (κ3) is 5.75. The number of rotatable bonds is 5. The van der Waals surface area contributed by atoms with Crippen LogP contribution in [-0.4, -0.2) is 34.9 Å². The molecule has 2 saturated carbocycles. The number of hydrogen-bond acceptors (Lipinski definition) is 8. The van der Waals surface area contributed by atoms with Crippen LogP contribution in [0.3, 0.4) is 0 Å². The summed E-state index contributed by atoms with van der Waals surface area (Å²) in [4.78, 5) is 47.9. The van der Waals surface area contributed by atoms with Gasteiger partial charge in [0, 0.05) is 36.3 Å². The second kappa shape index (κ2) is 12.3. The van der Waals surface area contributed by atoms with Crippen molar-refractivity contribution in [2.45, 2.75) is 92.6 Å². The Morgan fingerprint density at radius 3 is 2.41 bits per heavy atom. The fourth-order valence-electron chi connectivity index (χ4n) is 8.98. The maximum atomic E-state index is 12.8. The van der Waals surface area contributed by atoms with Gasteiger partial charge in [0.15, 0.2) is 28.7 Å². The van der Waals surface area contributed by atoms with E-state index in [0.29, 0.717) is 53.9 Å². The summed E-state index contributed by atoms with van der Waals surface area (Å²) in [7, 11) is 0. The van der Waals surface area contributed by atoms with E-state index in [-0.39, 0.29) is 34.1 Å². The Bertz CT molecular complexity index is 1720. The predicted molar refractivity (Wildman–Crippen MR) is 175 cm³/mol. The first kappa shape index (κ1) is 33.4. The van der Waals surface area contributed by atoms with Gasteiger partial charge in [0.05, 0.1) is 0 Å². The molecule has 0 saturated heterocycles. The van der Waals surface area contributed by atoms with Gasteiger partial charge in [-0.25, -0.2) is 4.79 Å². The molecule has 6 rings (SSSR count). The predicted octanol–water partition coefficient (Wildman–Crippen LogP) is 7.42. The van der Waals surface area contributed by atoms with Gasteiger partial charge < -0.3 is 19.0 Å². The number of ether oxygens (including phenoxy) is 2. The largest absolute Gasteiger partial charge is 0.504 e. The van der Waals surface area contributed by atoms with Crippen molar-refractivity contribution in [3.05, 3.63) is 69.6 Å². The summed E-state index contributed by atoms with van der Waals surface area (Å²) in [5.41, 5.74) is 2.25. The zero-order chi connectivity index (χ0) is 33.6. The SMILES string of the molecule is CC(=O)OC1(C(C)=O)CCC2C3C=C(C)C4=CC(=O)CCC4(C)C3CCC21C.CC(C)=CCOc1cc2oc(=O)ccc2cc1O. The Labute approximate surface area is 270 Å². The maximum Gasteiger partial charge on any atom is 0.336 e. The van der Waals surface area contributed by atoms with E-state index < -0.39 is 11.2 Å². The summed E-state index contributed by atoms with van der Waals surface area (Å²) in [5.74, 6) is 1.36. The normalized spacial score (nSPS) is 31.2. The standard InChI is InChI=1S/C24H32O4.C14H14O4/c1-14-12-18-19(22(4)9-6-17(27)13-21(14)22)7-10-23(5)20(18)8-11-24(23,15(2)25)28-16(3)26;1-9(2)5-6-17-13-8-12-10(7-11(13)15)3-4-14(16)18-12/h12-13,18-20H,6-11H2,1-5H3;3-5,7-8,15H,6H2,1-2H3. The molecular weight excluding hydrogens is 584 g/mol. The maximum absolute atomic E-state index is 12.8. The van der Waals surface area contributed by atoms with Gasteiger partial charge in [0.2, 0.25) is 0 Å². The van der Waals surface area contributed by atoms with Gasteiger partial charge in [0.1, 0.15) is 12.2 Å². The number of hydrogen-bond donors (Lipinski definition) is 1. The molecule has 0 aliphatic heterocycles. The van der Waals surface area contributed by atoms with Crippen LogP contribution in [0.2, 0.25) is 0 Å². The van der Waals surface area contributed by atoms with Crippen LogP contribution in [0.5, 0.6) is 11.5 Å². The lowest BCUT2D eigenvalue weighted by molar-refractivity contribution is -0.185. The summed E-state index contributed by atoms with van der Waals surface area (Å²) in [5, 5.41) is 10.4. The van der Waals surface area contributed by atoms with E-state index in [1.54, 1.807) is 13.0 Å². The van der Waals surface area contributed by atoms with Crippen molar-refractivity contribution in [3.63, 3.8) is 0 Å². The number of benzene rings is 1. The Morgan fingerprint density at radius 1 is 1.02 bits per heavy atom. The minimum Gasteiger partial charge on any atom is -0.504 e. The Balaban J connectivity index is 0.000000200. The van der Waals surface area contributed by atoms with Gasteiger partial charge in [-0.1, -0.05) is 31.1 Å². The molecule has 2 aromatic rings. The number of aromatic hydroxyl groups is 1. The lowest BCUT2D eigenvalue weighted by Gasteiger charge is -2.58. The number of carbonyl (C=O) groups is 3. The summed E-state index contributed by atoms with van der Waals surface area (Å²) >= 11 is 0. The molecule has 0 radical (unpaired) electrons. The molecule has 8 heteroatoms. The summed E-state index contributed by atoms with van der Waals surface area (Å²) in [6.07, 6.45) is 11.1. The van der Waals surface area contributed by atoms with Crippen LogP contribution in [0.4, 0.5) is 0 Å². The van der Waals surface area contributed by atoms with Crippen molar-refractivity contribution < 1.29 is 33.4 Å². The highest BCUT2D eigenvalue weighted by molar-refractivity contribution is 5.92. The van der Waals surface area contributed by atoms with Crippen molar-refractivity contribution >= 4 is 28.5 Å². The molecule has 8 nitrogen and oxygen atoms in total. The molecule has 0 bridgehead atoms. The lowest BCUT2D eigenvalue weighted by Crippen LogP contribution is -2.58. The van der Waals surface area contributed by atoms with Crippen molar-refractivity contribution in [2.24, 2.45) is 28.6 Å². The third-order valence-corrected chi connectivity index (χ3v) is 11.3. The van der Waals surface area contributed by atoms with Crippen LogP contribution in [-0.2, 0) is 19.1 Å². The van der Waals surface area contributed by atoms with Crippen molar-refractivity contribution in [1.82, 2.24) is 0 Å². The topological polar surface area (TPSA) is 120 Å². The molecular formula is C38H46O8. The van der Waals surface area contributed by atoms with Crippen molar-refractivity contribution in [3.8, 4) is 11.5 Å². The second-order valence-corrected chi connectivity index (χ2v) is 14.3. The fourth-order valence-corrected chi connectivity index (χ4v) is 8.98. The molecule has 4 aliphatic rings. The van der Waals surface area contributed by atoms with E-state index in [2.05, 4.69) is 26.8 Å². The lowest BCUT2D eigenvalue weighted by atomic mass is 9.47. The van der Waals surface area contributed by atoms with Gasteiger partial charge >= 0.3 is 11.6 Å². The summed E-state index contributed by atoms with van der Waals surface area (Å²) < 4.78 is 16.2. The van der Waals surface area contributed by atoms with Gasteiger partial charge in [0.25, 0.3) is 0 Å². The fraction of sp³-hybridized carbons (Fsp3) is 0.526. The second-order valence-electron chi connectivity index (χ2n) is 14.3. The average Bonchev–Trinajstić information content (AvgIpc) is 3.27. The van der Waals surface area contributed by atoms with Crippen LogP contribution >= 0.6 is 0 Å². The average molecular weight is 631 g/mol. The Kier molecular flexibility index (Phi) is 8.97. The zero-order valence-electron chi connectivity index (χ0n) is 28.0. The van der Waals surface area contributed by atoms with Crippen molar-refractivity contribution in [1.29, 1.82) is 0 Å². The van der Waals surface area contributed by atoms with E-state index in [1.165, 1.54) is 36.3 Å². The van der Waals surface area contributed by atoms with E-state index in [1.807, 2.05) is 26.0 Å². The molecule has 6 unspecified atom stereocenters. The molecule has 46 heavy (non-hydrogen) atoms. The van der Waals surface area contributed by atoms with E-state index in [4.69, 9.17) is 13.9 Å². The molecule has 6 atom stereocenters. The number of phenols is 1. The van der Waals surface area contributed by atoms with Crippen molar-refractivity contribution in [2.75, 3.05) is 6.61 Å². The highest BCUT2D eigenvalue weighted by Gasteiger charge is 2.67. The molecule has 1 N–H and O–H groups in total. The highest BCUT2D eigenvalue weighted by Crippen LogP contribution is 2.67. The van der Waals surface area contributed by atoms with Crippen LogP contribution in [0.15, 0.2) is 68.4 Å². The van der Waals surface area contributed by atoms with E-state index >= 15 is 0 Å². The van der Waals surface area contributed by atoms with Crippen LogP contribution < -0.4 is 10.4 Å². The number of carbonyl (C=O) groups excluding carboxylic acids is 3. The minimum absolute atomic E-state index is 0.0160. The smallest absolute Gasteiger partial charge is 0.336 e. The molecule has 0 amide bonds. The summed E-state index contributed by atoms with van der Waals surface area (Å²) in [6.45, 7) is 13.9. The van der Waals surface area contributed by atoms with Gasteiger partial charge in [-0.15, -0.1) is 0 Å². The molecule has 246 valence electrons. The number of fused-ring (bicyclic) bond motifs is 6. The quantitative estimate of drug-likeness (QED) is 0.206. The third-order valence-electron chi connectivity index (χ3n) is 11.3. The number of phenolic OH excluding ortho intramolecular Hbond substituents is 1. The summed E-state index contributed by atoms with van der Waals surface area (Å²) in [6, 6.07) is 5.94. The van der Waals surface area contributed by atoms with Crippen LogP contribution in [0.1, 0.15) is 87.0 Å². The Morgan fingerprint density at radius 2 is 1.74 bits per heavy atom. The van der Waals surface area contributed by atoms with E-state index in [9.17, 15) is 24.3 Å². The van der Waals surface area contributed by atoms with E-state index in [0.717, 1.165) is 31.3 Å². The number of ketones is 2. The number of allylic oxidation sites excluding steroid dienone is 5. The van der Waals surface area contributed by atoms with Crippen LogP contribution in [0.25, 0.3) is 11.0 Å². The minimum atomic E-state index is -0.990. The van der Waals surface area contributed by atoms with Gasteiger partial charge in [-0.2, -0.15) is 0 Å². The molecule has 4 aliphatic carbocycles. The number of esters is 1. The molecule has 1 aromatic heterocycles.